The topological polar surface area (TPSA) is 89.4 Å². The van der Waals surface area contributed by atoms with Gasteiger partial charge in [-0.1, -0.05) is 0 Å². The molecule has 0 radical (unpaired) electrons. The molecule has 2 rings (SSSR count). The number of hydrogen-bond donors (Lipinski definition) is 2. The Kier molecular flexibility index (Phi) is 2.51. The third-order valence-electron chi connectivity index (χ3n) is 2.78. The first-order valence-corrected chi connectivity index (χ1v) is 4.93. The maximum atomic E-state index is 13.2. The van der Waals surface area contributed by atoms with Crippen LogP contribution in [0.1, 0.15) is 24.4 Å². The van der Waals surface area contributed by atoms with E-state index in [-0.39, 0.29) is 17.2 Å². The zero-order valence-corrected chi connectivity index (χ0v) is 8.39. The Labute approximate surface area is 90.8 Å². The van der Waals surface area contributed by atoms with Gasteiger partial charge in [-0.2, -0.15) is 0 Å². The van der Waals surface area contributed by atoms with Gasteiger partial charge in [-0.15, -0.1) is 0 Å². The second kappa shape index (κ2) is 3.71. The molecule has 0 aliphatic heterocycles. The zero-order chi connectivity index (χ0) is 11.9. The van der Waals surface area contributed by atoms with Gasteiger partial charge in [0.25, 0.3) is 5.69 Å². The van der Waals surface area contributed by atoms with Crippen LogP contribution >= 0.6 is 0 Å². The van der Waals surface area contributed by atoms with E-state index in [4.69, 9.17) is 5.73 Å². The van der Waals surface area contributed by atoms with Crippen LogP contribution in [0, 0.1) is 21.8 Å². The third kappa shape index (κ3) is 1.83. The summed E-state index contributed by atoms with van der Waals surface area (Å²) in [6, 6.07) is 1.30. The summed E-state index contributed by atoms with van der Waals surface area (Å²) >= 11 is 0. The van der Waals surface area contributed by atoms with Crippen molar-refractivity contribution in [3.05, 3.63) is 33.6 Å². The molecular formula is C10H11FN2O3. The fraction of sp³-hybridized carbons (Fsp3) is 0.400. The van der Waals surface area contributed by atoms with E-state index in [1.165, 1.54) is 0 Å². The summed E-state index contributed by atoms with van der Waals surface area (Å²) in [5.41, 5.74) is 5.52. The fourth-order valence-corrected chi connectivity index (χ4v) is 1.67. The van der Waals surface area contributed by atoms with Gasteiger partial charge >= 0.3 is 0 Å². The van der Waals surface area contributed by atoms with E-state index in [9.17, 15) is 19.6 Å². The number of nitrogens with two attached hydrogens (primary N) is 1. The van der Waals surface area contributed by atoms with Gasteiger partial charge in [0.2, 0.25) is 0 Å². The lowest BCUT2D eigenvalue weighted by molar-refractivity contribution is -0.385. The summed E-state index contributed by atoms with van der Waals surface area (Å²) in [5.74, 6) is -1.39. The van der Waals surface area contributed by atoms with E-state index in [1.54, 1.807) is 0 Å². The summed E-state index contributed by atoms with van der Waals surface area (Å²) in [6.45, 7) is 0. The van der Waals surface area contributed by atoms with E-state index < -0.39 is 22.5 Å². The van der Waals surface area contributed by atoms with Crippen molar-refractivity contribution in [1.29, 1.82) is 0 Å². The number of phenols is 1. The molecule has 0 amide bonds. The van der Waals surface area contributed by atoms with E-state index in [1.807, 2.05) is 0 Å². The molecule has 1 atom stereocenters. The maximum absolute atomic E-state index is 13.2. The lowest BCUT2D eigenvalue weighted by Crippen LogP contribution is -2.13. The fourth-order valence-electron chi connectivity index (χ4n) is 1.67. The summed E-state index contributed by atoms with van der Waals surface area (Å²) in [5, 5.41) is 20.0. The number of hydrogen-bond acceptors (Lipinski definition) is 4. The highest BCUT2D eigenvalue weighted by atomic mass is 19.1. The second-order valence-electron chi connectivity index (χ2n) is 3.99. The van der Waals surface area contributed by atoms with Crippen LogP contribution in [0.3, 0.4) is 0 Å². The Morgan fingerprint density at radius 3 is 2.69 bits per heavy atom. The summed E-state index contributed by atoms with van der Waals surface area (Å²) in [7, 11) is 0. The first-order chi connectivity index (χ1) is 7.50. The molecule has 1 aromatic rings. The first-order valence-electron chi connectivity index (χ1n) is 4.93. The van der Waals surface area contributed by atoms with E-state index in [2.05, 4.69) is 0 Å². The molecule has 86 valence electrons. The van der Waals surface area contributed by atoms with Gasteiger partial charge in [-0.3, -0.25) is 10.1 Å². The predicted octanol–water partition coefficient (Wildman–Crippen LogP) is 1.85. The van der Waals surface area contributed by atoms with Crippen LogP contribution in [-0.2, 0) is 0 Å². The van der Waals surface area contributed by atoms with Crippen molar-refractivity contribution in [2.24, 2.45) is 11.7 Å². The average Bonchev–Trinajstić information content (AvgIpc) is 3.04. The number of benzene rings is 1. The molecule has 0 unspecified atom stereocenters. The van der Waals surface area contributed by atoms with Crippen molar-refractivity contribution in [3.8, 4) is 5.75 Å². The van der Waals surface area contributed by atoms with Gasteiger partial charge in [0.15, 0.2) is 11.6 Å². The number of phenolic OH excluding ortho intramolecular Hbond substituents is 1. The van der Waals surface area contributed by atoms with Crippen molar-refractivity contribution in [2.45, 2.75) is 18.9 Å². The molecule has 0 saturated heterocycles. The molecule has 1 aliphatic rings. The van der Waals surface area contributed by atoms with Gasteiger partial charge in [-0.05, 0) is 18.8 Å². The Bertz CT molecular complexity index is 446. The summed E-state index contributed by atoms with van der Waals surface area (Å²) in [4.78, 5) is 9.84. The molecule has 1 aromatic carbocycles. The Hall–Kier alpha value is -1.69. The molecule has 5 nitrogen and oxygen atoms in total. The molecule has 1 fully saturated rings. The monoisotopic (exact) mass is 226 g/mol. The van der Waals surface area contributed by atoms with Gasteiger partial charge in [0, 0.05) is 17.7 Å². The van der Waals surface area contributed by atoms with Crippen molar-refractivity contribution in [3.63, 3.8) is 0 Å². The van der Waals surface area contributed by atoms with Crippen LogP contribution in [0.15, 0.2) is 12.1 Å². The summed E-state index contributed by atoms with van der Waals surface area (Å²) < 4.78 is 13.2. The SMILES string of the molecule is N[C@@H](c1cc([N+](=O)[O-])cc(F)c1O)C1CC1. The van der Waals surface area contributed by atoms with Gasteiger partial charge in [-0.25, -0.2) is 4.39 Å². The zero-order valence-electron chi connectivity index (χ0n) is 8.39. The molecule has 0 spiro atoms. The average molecular weight is 226 g/mol. The Morgan fingerprint density at radius 1 is 1.56 bits per heavy atom. The minimum absolute atomic E-state index is 0.120. The molecule has 1 saturated carbocycles. The molecule has 0 bridgehead atoms. The van der Waals surface area contributed by atoms with E-state index >= 15 is 0 Å². The highest BCUT2D eigenvalue weighted by Crippen LogP contribution is 2.43. The number of non-ortho nitro benzene ring substituents is 1. The second-order valence-corrected chi connectivity index (χ2v) is 3.99. The standard InChI is InChI=1S/C10H11FN2O3/c11-8-4-6(13(15)16)3-7(10(8)14)9(12)5-1-2-5/h3-5,9,14H,1-2,12H2/t9-/m1/s1. The van der Waals surface area contributed by atoms with Crippen LogP contribution in [0.2, 0.25) is 0 Å². The number of halogens is 1. The largest absolute Gasteiger partial charge is 0.505 e. The van der Waals surface area contributed by atoms with Crippen LogP contribution in [0.4, 0.5) is 10.1 Å². The van der Waals surface area contributed by atoms with Crippen LogP contribution in [0.5, 0.6) is 5.75 Å². The molecule has 3 N–H and O–H groups in total. The van der Waals surface area contributed by atoms with Crippen molar-refractivity contribution >= 4 is 5.69 Å². The molecule has 0 aromatic heterocycles. The molecule has 16 heavy (non-hydrogen) atoms. The minimum atomic E-state index is -1.000. The number of nitro groups is 1. The normalized spacial score (nSPS) is 17.1. The minimum Gasteiger partial charge on any atom is -0.505 e. The number of rotatable bonds is 3. The van der Waals surface area contributed by atoms with Crippen molar-refractivity contribution < 1.29 is 14.4 Å². The van der Waals surface area contributed by atoms with Crippen molar-refractivity contribution in [2.75, 3.05) is 0 Å². The number of aromatic hydroxyl groups is 1. The molecule has 0 heterocycles. The van der Waals surface area contributed by atoms with Crippen LogP contribution < -0.4 is 5.73 Å². The van der Waals surface area contributed by atoms with E-state index in [0.717, 1.165) is 18.9 Å². The highest BCUT2D eigenvalue weighted by molar-refractivity contribution is 5.46. The third-order valence-corrected chi connectivity index (χ3v) is 2.78. The lowest BCUT2D eigenvalue weighted by atomic mass is 10.0. The van der Waals surface area contributed by atoms with Gasteiger partial charge in [0.05, 0.1) is 11.0 Å². The molecule has 6 heteroatoms. The highest BCUT2D eigenvalue weighted by Gasteiger charge is 2.33. The molecule has 1 aliphatic carbocycles. The Balaban J connectivity index is 2.45. The predicted molar refractivity (Wildman–Crippen MR) is 54.4 cm³/mol. The van der Waals surface area contributed by atoms with E-state index in [0.29, 0.717) is 6.07 Å². The number of nitrogens with zero attached hydrogens (tertiary/aromatic N) is 1. The number of nitro benzene ring substituents is 1. The lowest BCUT2D eigenvalue weighted by Gasteiger charge is -2.12. The van der Waals surface area contributed by atoms with Gasteiger partial charge < -0.3 is 10.8 Å². The van der Waals surface area contributed by atoms with Crippen LogP contribution in [0.25, 0.3) is 0 Å². The van der Waals surface area contributed by atoms with Crippen molar-refractivity contribution in [1.82, 2.24) is 0 Å². The Morgan fingerprint density at radius 2 is 2.19 bits per heavy atom. The van der Waals surface area contributed by atoms with Crippen LogP contribution in [-0.4, -0.2) is 10.0 Å². The first kappa shape index (κ1) is 10.8. The maximum Gasteiger partial charge on any atom is 0.272 e. The van der Waals surface area contributed by atoms with Gasteiger partial charge in [0.1, 0.15) is 0 Å². The molecular weight excluding hydrogens is 215 g/mol. The quantitative estimate of drug-likeness (QED) is 0.608. The summed E-state index contributed by atoms with van der Waals surface area (Å²) in [6.07, 6.45) is 1.82. The smallest absolute Gasteiger partial charge is 0.272 e.